The first-order valence-corrected chi connectivity index (χ1v) is 10.6. The number of phenolic OH excluding ortho intramolecular Hbond substituents is 2. The maximum absolute atomic E-state index is 14.0. The van der Waals surface area contributed by atoms with Crippen LogP contribution in [0.15, 0.2) is 66.7 Å². The predicted octanol–water partition coefficient (Wildman–Crippen LogP) is 3.35. The zero-order chi connectivity index (χ0) is 23.3. The summed E-state index contributed by atoms with van der Waals surface area (Å²) in [5.74, 6) is -2.27. The Balaban J connectivity index is 1.71. The quantitative estimate of drug-likeness (QED) is 0.426. The van der Waals surface area contributed by atoms with Gasteiger partial charge < -0.3 is 15.5 Å². The molecule has 2 heterocycles. The topological polar surface area (TPSA) is 114 Å². The van der Waals surface area contributed by atoms with Crippen LogP contribution in [0, 0.1) is 17.2 Å². The summed E-state index contributed by atoms with van der Waals surface area (Å²) in [6, 6.07) is 20.3. The van der Waals surface area contributed by atoms with E-state index < -0.39 is 17.4 Å². The van der Waals surface area contributed by atoms with Crippen LogP contribution >= 0.6 is 0 Å². The Morgan fingerprint density at radius 2 is 1.82 bits per heavy atom. The number of likely N-dealkylation sites (tertiary alicyclic amines) is 1. The molecule has 3 N–H and O–H groups in total. The standard InChI is InChI=1S/C26H21N3O4/c1-29-14-18(17-10-11-21(30)22(31)12-17)23(24(32)16-8-6-15(13-27)7-9-16)26(29)19-4-2-3-5-20(19)28-25(26)33/h2-12,18,23,30-31H,14H2,1H3,(H,28,33). The highest BCUT2D eigenvalue weighted by Gasteiger charge is 2.64. The van der Waals surface area contributed by atoms with E-state index >= 15 is 0 Å². The van der Waals surface area contributed by atoms with Crippen LogP contribution in [-0.2, 0) is 10.3 Å². The van der Waals surface area contributed by atoms with Gasteiger partial charge in [-0.3, -0.25) is 14.5 Å². The van der Waals surface area contributed by atoms with Gasteiger partial charge in [0.1, 0.15) is 5.54 Å². The molecule has 3 atom stereocenters. The van der Waals surface area contributed by atoms with Gasteiger partial charge in [-0.1, -0.05) is 36.4 Å². The summed E-state index contributed by atoms with van der Waals surface area (Å²) < 4.78 is 0. The number of para-hydroxylation sites is 1. The Labute approximate surface area is 190 Å². The van der Waals surface area contributed by atoms with E-state index in [2.05, 4.69) is 5.32 Å². The van der Waals surface area contributed by atoms with E-state index in [4.69, 9.17) is 5.26 Å². The van der Waals surface area contributed by atoms with E-state index in [9.17, 15) is 19.8 Å². The summed E-state index contributed by atoms with van der Waals surface area (Å²) in [5.41, 5.74) is 1.65. The van der Waals surface area contributed by atoms with Gasteiger partial charge in [0.25, 0.3) is 0 Å². The highest BCUT2D eigenvalue weighted by atomic mass is 16.3. The number of nitriles is 1. The number of nitrogens with one attached hydrogen (secondary N) is 1. The van der Waals surface area contributed by atoms with Crippen molar-refractivity contribution in [2.75, 3.05) is 18.9 Å². The fourth-order valence-corrected chi connectivity index (χ4v) is 5.36. The fourth-order valence-electron chi connectivity index (χ4n) is 5.36. The van der Waals surface area contributed by atoms with Gasteiger partial charge >= 0.3 is 0 Å². The van der Waals surface area contributed by atoms with Gasteiger partial charge in [-0.25, -0.2) is 0 Å². The number of ketones is 1. The van der Waals surface area contributed by atoms with Crippen LogP contribution in [0.25, 0.3) is 0 Å². The Kier molecular flexibility index (Phi) is 4.69. The van der Waals surface area contributed by atoms with Gasteiger partial charge in [-0.15, -0.1) is 0 Å². The molecule has 0 aromatic heterocycles. The number of amides is 1. The molecule has 3 aromatic rings. The van der Waals surface area contributed by atoms with Crippen LogP contribution in [0.3, 0.4) is 0 Å². The number of rotatable bonds is 3. The molecule has 1 spiro atoms. The van der Waals surface area contributed by atoms with Crippen molar-refractivity contribution < 1.29 is 19.8 Å². The maximum Gasteiger partial charge on any atom is 0.250 e. The number of fused-ring (bicyclic) bond motifs is 2. The smallest absolute Gasteiger partial charge is 0.250 e. The Morgan fingerprint density at radius 3 is 2.52 bits per heavy atom. The van der Waals surface area contributed by atoms with Crippen molar-refractivity contribution in [3.8, 4) is 17.6 Å². The van der Waals surface area contributed by atoms with Crippen molar-refractivity contribution in [3.05, 3.63) is 89.0 Å². The molecule has 5 rings (SSSR count). The second kappa shape index (κ2) is 7.47. The van der Waals surface area contributed by atoms with Gasteiger partial charge in [0.2, 0.25) is 5.91 Å². The molecule has 3 unspecified atom stereocenters. The lowest BCUT2D eigenvalue weighted by atomic mass is 9.70. The molecule has 1 fully saturated rings. The summed E-state index contributed by atoms with van der Waals surface area (Å²) in [6.07, 6.45) is 0. The van der Waals surface area contributed by atoms with Crippen LogP contribution in [0.5, 0.6) is 11.5 Å². The number of nitrogens with zero attached hydrogens (tertiary/aromatic N) is 2. The second-order valence-corrected chi connectivity index (χ2v) is 8.53. The van der Waals surface area contributed by atoms with Crippen LogP contribution in [0.4, 0.5) is 5.69 Å². The lowest BCUT2D eigenvalue weighted by Crippen LogP contribution is -2.51. The van der Waals surface area contributed by atoms with Crippen LogP contribution < -0.4 is 5.32 Å². The number of aromatic hydroxyl groups is 2. The number of carbonyl (C=O) groups is 2. The fraction of sp³-hybridized carbons (Fsp3) is 0.192. The zero-order valence-electron chi connectivity index (χ0n) is 17.8. The molecule has 0 radical (unpaired) electrons. The van der Waals surface area contributed by atoms with Crippen LogP contribution in [-0.4, -0.2) is 40.4 Å². The number of anilines is 1. The molecule has 2 aliphatic rings. The molecule has 7 heteroatoms. The normalized spacial score (nSPS) is 23.8. The minimum atomic E-state index is -1.24. The molecule has 7 nitrogen and oxygen atoms in total. The minimum Gasteiger partial charge on any atom is -0.504 e. The first-order chi connectivity index (χ1) is 15.9. The highest BCUT2D eigenvalue weighted by Crippen LogP contribution is 2.55. The van der Waals surface area contributed by atoms with Crippen molar-refractivity contribution >= 4 is 17.4 Å². The third-order valence-corrected chi connectivity index (χ3v) is 6.87. The van der Waals surface area contributed by atoms with Crippen molar-refractivity contribution in [1.82, 2.24) is 4.90 Å². The van der Waals surface area contributed by atoms with Gasteiger partial charge in [-0.05, 0) is 42.9 Å². The number of Topliss-reactive ketones (excluding diaryl/α,β-unsaturated/α-hetero) is 1. The first kappa shape index (κ1) is 20.7. The van der Waals surface area contributed by atoms with Crippen molar-refractivity contribution in [2.45, 2.75) is 11.5 Å². The van der Waals surface area contributed by atoms with Gasteiger partial charge in [0, 0.05) is 29.3 Å². The SMILES string of the molecule is CN1CC(c2ccc(O)c(O)c2)C(C(=O)c2ccc(C#N)cc2)C12C(=O)Nc1ccccc12. The molecular weight excluding hydrogens is 418 g/mol. The lowest BCUT2D eigenvalue weighted by Gasteiger charge is -2.35. The zero-order valence-corrected chi connectivity index (χ0v) is 17.8. The predicted molar refractivity (Wildman–Crippen MR) is 121 cm³/mol. The molecular formula is C26H21N3O4. The molecule has 2 aliphatic heterocycles. The van der Waals surface area contributed by atoms with Crippen molar-refractivity contribution in [2.24, 2.45) is 5.92 Å². The number of carbonyl (C=O) groups excluding carboxylic acids is 2. The van der Waals surface area contributed by atoms with E-state index in [1.807, 2.05) is 42.3 Å². The highest BCUT2D eigenvalue weighted by molar-refractivity contribution is 6.12. The molecule has 1 saturated heterocycles. The maximum atomic E-state index is 14.0. The van der Waals surface area contributed by atoms with E-state index in [0.717, 1.165) is 5.56 Å². The van der Waals surface area contributed by atoms with Crippen molar-refractivity contribution in [1.29, 1.82) is 5.26 Å². The van der Waals surface area contributed by atoms with E-state index in [1.165, 1.54) is 12.1 Å². The van der Waals surface area contributed by atoms with E-state index in [0.29, 0.717) is 28.9 Å². The molecule has 0 aliphatic carbocycles. The van der Waals surface area contributed by atoms with E-state index in [-0.39, 0.29) is 23.2 Å². The molecule has 164 valence electrons. The van der Waals surface area contributed by atoms with E-state index in [1.54, 1.807) is 30.3 Å². The lowest BCUT2D eigenvalue weighted by molar-refractivity contribution is -0.126. The molecule has 3 aromatic carbocycles. The molecule has 1 amide bonds. The molecule has 0 bridgehead atoms. The van der Waals surface area contributed by atoms with Crippen LogP contribution in [0.2, 0.25) is 0 Å². The number of hydrogen-bond donors (Lipinski definition) is 3. The average molecular weight is 439 g/mol. The van der Waals surface area contributed by atoms with Gasteiger partial charge in [-0.2, -0.15) is 5.26 Å². The summed E-state index contributed by atoms with van der Waals surface area (Å²) in [7, 11) is 1.82. The summed E-state index contributed by atoms with van der Waals surface area (Å²) in [4.78, 5) is 29.5. The third-order valence-electron chi connectivity index (χ3n) is 6.87. The second-order valence-electron chi connectivity index (χ2n) is 8.53. The Bertz CT molecular complexity index is 1330. The number of hydrogen-bond acceptors (Lipinski definition) is 6. The first-order valence-electron chi connectivity index (χ1n) is 10.6. The molecule has 0 saturated carbocycles. The van der Waals surface area contributed by atoms with Crippen LogP contribution in [0.1, 0.15) is 33.0 Å². The third kappa shape index (κ3) is 2.92. The minimum absolute atomic E-state index is 0.228. The molecule has 33 heavy (non-hydrogen) atoms. The summed E-state index contributed by atoms with van der Waals surface area (Å²) in [5, 5.41) is 32.0. The average Bonchev–Trinajstić information content (AvgIpc) is 3.30. The number of phenols is 2. The summed E-state index contributed by atoms with van der Waals surface area (Å²) >= 11 is 0. The van der Waals surface area contributed by atoms with Gasteiger partial charge in [0.15, 0.2) is 17.3 Å². The number of benzene rings is 3. The Morgan fingerprint density at radius 1 is 1.09 bits per heavy atom. The van der Waals surface area contributed by atoms with Gasteiger partial charge in [0.05, 0.1) is 17.6 Å². The monoisotopic (exact) mass is 439 g/mol. The summed E-state index contributed by atoms with van der Waals surface area (Å²) in [6.45, 7) is 0.388. The Hall–Kier alpha value is -4.15. The largest absolute Gasteiger partial charge is 0.504 e. The number of likely N-dealkylation sites (N-methyl/N-ethyl adjacent to an activating group) is 1. The van der Waals surface area contributed by atoms with Crippen molar-refractivity contribution in [3.63, 3.8) is 0 Å².